The predicted molar refractivity (Wildman–Crippen MR) is 95.7 cm³/mol. The second-order valence-corrected chi connectivity index (χ2v) is 4.87. The van der Waals surface area contributed by atoms with Gasteiger partial charge in [0, 0.05) is 77.4 Å². The van der Waals surface area contributed by atoms with Gasteiger partial charge in [-0.2, -0.15) is 0 Å². The van der Waals surface area contributed by atoms with E-state index in [4.69, 9.17) is 43.0 Å². The van der Waals surface area contributed by atoms with E-state index in [-0.39, 0.29) is 21.1 Å². The van der Waals surface area contributed by atoms with E-state index < -0.39 is 0 Å². The Morgan fingerprint density at radius 2 is 0.560 bits per heavy atom. The van der Waals surface area contributed by atoms with Crippen LogP contribution < -0.4 is 0 Å². The van der Waals surface area contributed by atoms with Crippen molar-refractivity contribution in [2.75, 3.05) is 56.4 Å². The van der Waals surface area contributed by atoms with Crippen LogP contribution in [0.1, 0.15) is 0 Å². The maximum atomic E-state index is 7.50. The molecule has 8 nitrogen and oxygen atoms in total. The molecule has 0 saturated carbocycles. The Labute approximate surface area is 176 Å². The third-order valence-electron chi connectivity index (χ3n) is 1.53. The maximum absolute atomic E-state index is 7.50. The largest absolute Gasteiger partial charge is 0 e. The van der Waals surface area contributed by atoms with Gasteiger partial charge in [-0.1, -0.05) is 0 Å². The van der Waals surface area contributed by atoms with Gasteiger partial charge in [0.25, 0.3) is 0 Å². The molecule has 0 N–H and O–H groups in total. The summed E-state index contributed by atoms with van der Waals surface area (Å²) in [6.45, 7) is 18.0. The van der Waals surface area contributed by atoms with Crippen molar-refractivity contribution in [3.63, 3.8) is 0 Å². The molecular weight excluding hydrogens is 536 g/mol. The molecule has 0 unspecified atom stereocenters. The minimum atomic E-state index is 0. The normalized spacial score (nSPS) is 5.76. The first kappa shape index (κ1) is 43.9. The first-order valence-electron chi connectivity index (χ1n) is 5.70. The number of thiocarbonyl (C=S) groups is 2. The molecule has 0 aliphatic rings. The van der Waals surface area contributed by atoms with Crippen molar-refractivity contribution in [1.29, 1.82) is 0 Å². The number of hydrogen-bond acceptors (Lipinski definition) is 2. The summed E-state index contributed by atoms with van der Waals surface area (Å²) in [7, 11) is 15.5. The van der Waals surface area contributed by atoms with Gasteiger partial charge < -0.3 is 19.6 Å². The summed E-state index contributed by atoms with van der Waals surface area (Å²) in [6.07, 6.45) is 0. The molecule has 0 bridgehead atoms. The molecule has 0 fully saturated rings. The van der Waals surface area contributed by atoms with E-state index in [1.165, 1.54) is 0 Å². The van der Waals surface area contributed by atoms with Crippen molar-refractivity contribution in [2.45, 2.75) is 0 Å². The van der Waals surface area contributed by atoms with Crippen LogP contribution in [0.5, 0.6) is 0 Å². The predicted octanol–water partition coefficient (Wildman–Crippen LogP) is 0.636. The SMILES string of the molecule is CN(C)C(=S)N(C)C.CN(C)C(=S)N(C)C.[C-]#[O+].[C-]#[O+].[C-]#[O+].[C-]#[O+].[W]. The first-order valence-corrected chi connectivity index (χ1v) is 6.51. The van der Waals surface area contributed by atoms with Crippen molar-refractivity contribution in [2.24, 2.45) is 0 Å². The van der Waals surface area contributed by atoms with Crippen molar-refractivity contribution in [3.05, 3.63) is 26.6 Å². The minimum absolute atomic E-state index is 0. The van der Waals surface area contributed by atoms with Crippen molar-refractivity contribution < 1.29 is 39.7 Å². The molecule has 0 rings (SSSR count). The van der Waals surface area contributed by atoms with Gasteiger partial charge in [0.05, 0.1) is 0 Å². The molecule has 0 radical (unpaired) electrons. The van der Waals surface area contributed by atoms with E-state index in [1.54, 1.807) is 0 Å². The first-order chi connectivity index (χ1) is 11.1. The van der Waals surface area contributed by atoms with Gasteiger partial charge in [0.15, 0.2) is 10.2 Å². The number of rotatable bonds is 0. The van der Waals surface area contributed by atoms with Gasteiger partial charge in [-0.3, -0.25) is 0 Å². The monoisotopic (exact) mass is 560 g/mol. The second-order valence-electron chi connectivity index (χ2n) is 4.14. The molecule has 0 atom stereocenters. The molecule has 0 aromatic rings. The Kier molecular flexibility index (Phi) is 67.7. The molecule has 0 aliphatic carbocycles. The third kappa shape index (κ3) is 45.1. The maximum Gasteiger partial charge on any atom is 0 e. The van der Waals surface area contributed by atoms with Crippen LogP contribution in [0.3, 0.4) is 0 Å². The van der Waals surface area contributed by atoms with Crippen molar-refractivity contribution >= 4 is 34.7 Å². The molecule has 0 saturated heterocycles. The molecule has 11 heteroatoms. The number of nitrogens with zero attached hydrogens (tertiary/aromatic N) is 4. The van der Waals surface area contributed by atoms with Gasteiger partial charge >= 0.3 is 45.2 Å². The number of hydrogen-bond donors (Lipinski definition) is 0. The zero-order valence-electron chi connectivity index (χ0n) is 15.6. The third-order valence-corrected chi connectivity index (χ3v) is 2.99. The summed E-state index contributed by atoms with van der Waals surface area (Å²) in [5.41, 5.74) is 0. The van der Waals surface area contributed by atoms with Crippen molar-refractivity contribution in [3.8, 4) is 0 Å². The Balaban J connectivity index is -0.0000000359. The van der Waals surface area contributed by atoms with E-state index >= 15 is 0 Å². The molecule has 25 heavy (non-hydrogen) atoms. The fourth-order valence-corrected chi connectivity index (χ4v) is 0.800. The Hall–Kier alpha value is -0.972. The minimum Gasteiger partial charge on any atom is 0 e. The fourth-order valence-electron chi connectivity index (χ4n) is 0.800. The van der Waals surface area contributed by atoms with Gasteiger partial charge in [0.1, 0.15) is 0 Å². The van der Waals surface area contributed by atoms with Crippen LogP contribution in [0.25, 0.3) is 0 Å². The van der Waals surface area contributed by atoms with E-state index in [0.717, 1.165) is 10.2 Å². The van der Waals surface area contributed by atoms with Gasteiger partial charge in [-0.25, -0.2) is 0 Å². The zero-order chi connectivity index (χ0) is 21.5. The van der Waals surface area contributed by atoms with E-state index in [0.29, 0.717) is 0 Å². The Morgan fingerprint density at radius 1 is 0.480 bits per heavy atom. The van der Waals surface area contributed by atoms with E-state index in [1.807, 2.05) is 76.0 Å². The van der Waals surface area contributed by atoms with Crippen LogP contribution >= 0.6 is 24.4 Å². The molecule has 0 spiro atoms. The summed E-state index contributed by atoms with van der Waals surface area (Å²) in [6, 6.07) is 0. The van der Waals surface area contributed by atoms with Crippen molar-refractivity contribution in [1.82, 2.24) is 19.6 Å². The average Bonchev–Trinajstić information content (AvgIpc) is 2.60. The van der Waals surface area contributed by atoms with Crippen LogP contribution in [0.4, 0.5) is 0 Å². The van der Waals surface area contributed by atoms with Crippen LogP contribution in [0.2, 0.25) is 0 Å². The smallest absolute Gasteiger partial charge is 0 e. The molecular formula is C14H24N4O4S2W. The van der Waals surface area contributed by atoms with Crippen LogP contribution in [-0.2, 0) is 39.7 Å². The van der Waals surface area contributed by atoms with Gasteiger partial charge in [-0.15, -0.1) is 0 Å². The quantitative estimate of drug-likeness (QED) is 0.246. The van der Waals surface area contributed by atoms with Crippen LogP contribution in [0, 0.1) is 26.6 Å². The second kappa shape index (κ2) is 38.5. The molecule has 0 amide bonds. The van der Waals surface area contributed by atoms with Crippen LogP contribution in [-0.4, -0.2) is 86.2 Å². The topological polar surface area (TPSA) is 92.6 Å². The van der Waals surface area contributed by atoms with Gasteiger partial charge in [-0.05, 0) is 24.4 Å². The Morgan fingerprint density at radius 3 is 0.560 bits per heavy atom. The Bertz CT molecular complexity index is 314. The van der Waals surface area contributed by atoms with Crippen LogP contribution in [0.15, 0.2) is 0 Å². The summed E-state index contributed by atoms with van der Waals surface area (Å²) in [5, 5.41) is 1.70. The van der Waals surface area contributed by atoms with E-state index in [9.17, 15) is 0 Å². The molecule has 0 heterocycles. The molecule has 142 valence electrons. The summed E-state index contributed by atoms with van der Waals surface area (Å²) in [5.74, 6) is 0. The summed E-state index contributed by atoms with van der Waals surface area (Å²) >= 11 is 9.91. The van der Waals surface area contributed by atoms with Gasteiger partial charge in [0.2, 0.25) is 0 Å². The molecule has 0 aliphatic heterocycles. The molecule has 0 aromatic heterocycles. The summed E-state index contributed by atoms with van der Waals surface area (Å²) < 4.78 is 30.0. The standard InChI is InChI=1S/2C5H12N2S.4CO.W/c2*1-6(2)5(8)7(3)4;4*1-2;/h2*1-4H3;;;;;. The fraction of sp³-hybridized carbons (Fsp3) is 0.571. The van der Waals surface area contributed by atoms with E-state index in [2.05, 4.69) is 26.6 Å². The average molecular weight is 560 g/mol. The summed E-state index contributed by atoms with van der Waals surface area (Å²) in [4.78, 5) is 7.59. The zero-order valence-corrected chi connectivity index (χ0v) is 20.2. The molecule has 0 aromatic carbocycles.